The van der Waals surface area contributed by atoms with Crippen molar-refractivity contribution >= 4 is 54.8 Å². The predicted molar refractivity (Wildman–Crippen MR) is 87.3 cm³/mol. The van der Waals surface area contributed by atoms with Gasteiger partial charge in [0.05, 0.1) is 10.6 Å². The highest BCUT2D eigenvalue weighted by Crippen LogP contribution is 2.32. The average Bonchev–Trinajstić information content (AvgIpc) is 2.42. The minimum atomic E-state index is -0.622. The Morgan fingerprint density at radius 1 is 1.19 bits per heavy atom. The van der Waals surface area contributed by atoms with E-state index in [0.717, 1.165) is 0 Å². The van der Waals surface area contributed by atoms with Gasteiger partial charge in [-0.1, -0.05) is 6.07 Å². The predicted octanol–water partition coefficient (Wildman–Crippen LogP) is 3.95. The van der Waals surface area contributed by atoms with Crippen LogP contribution in [-0.4, -0.2) is 10.8 Å². The number of carbonyl (C=O) groups is 1. The molecule has 6 nitrogen and oxygen atoms in total. The number of halogens is 2. The van der Waals surface area contributed by atoms with Crippen LogP contribution in [0.15, 0.2) is 45.3 Å². The fourth-order valence-corrected chi connectivity index (χ4v) is 2.89. The van der Waals surface area contributed by atoms with Crippen LogP contribution in [0.25, 0.3) is 0 Å². The van der Waals surface area contributed by atoms with Gasteiger partial charge in [-0.15, -0.1) is 0 Å². The van der Waals surface area contributed by atoms with Crippen LogP contribution in [0.3, 0.4) is 0 Å². The molecule has 0 aliphatic carbocycles. The maximum absolute atomic E-state index is 12.3. The third-order valence-electron chi connectivity index (χ3n) is 2.66. The zero-order valence-corrected chi connectivity index (χ0v) is 13.6. The quantitative estimate of drug-likeness (QED) is 0.451. The van der Waals surface area contributed by atoms with Crippen molar-refractivity contribution in [2.45, 2.75) is 0 Å². The number of amides is 1. The Balaban J connectivity index is 2.41. The summed E-state index contributed by atoms with van der Waals surface area (Å²) in [5, 5.41) is 13.6. The smallest absolute Gasteiger partial charge is 0.282 e. The summed E-state index contributed by atoms with van der Waals surface area (Å²) in [4.78, 5) is 22.7. The molecule has 0 saturated heterocycles. The van der Waals surface area contributed by atoms with Crippen molar-refractivity contribution < 1.29 is 9.72 Å². The van der Waals surface area contributed by atoms with Gasteiger partial charge in [0.1, 0.15) is 5.56 Å². The zero-order chi connectivity index (χ0) is 15.6. The van der Waals surface area contributed by atoms with Crippen molar-refractivity contribution in [1.82, 2.24) is 0 Å². The van der Waals surface area contributed by atoms with Gasteiger partial charge in [0.25, 0.3) is 11.6 Å². The number of hydrogen-bond donors (Lipinski definition) is 2. The van der Waals surface area contributed by atoms with Gasteiger partial charge in [-0.05, 0) is 56.1 Å². The molecular weight excluding hydrogens is 406 g/mol. The molecule has 0 aliphatic rings. The van der Waals surface area contributed by atoms with Crippen molar-refractivity contribution in [3.63, 3.8) is 0 Å². The average molecular weight is 415 g/mol. The highest BCUT2D eigenvalue weighted by Gasteiger charge is 2.21. The van der Waals surface area contributed by atoms with Gasteiger partial charge in [0, 0.05) is 20.7 Å². The summed E-state index contributed by atoms with van der Waals surface area (Å²) in [6, 6.07) is 9.13. The van der Waals surface area contributed by atoms with E-state index in [4.69, 9.17) is 5.73 Å². The lowest BCUT2D eigenvalue weighted by atomic mass is 10.1. The minimum Gasteiger partial charge on any atom is -0.399 e. The molecule has 21 heavy (non-hydrogen) atoms. The summed E-state index contributed by atoms with van der Waals surface area (Å²) >= 11 is 6.61. The van der Waals surface area contributed by atoms with Crippen LogP contribution in [-0.2, 0) is 0 Å². The summed E-state index contributed by atoms with van der Waals surface area (Å²) in [7, 11) is 0. The Morgan fingerprint density at radius 3 is 2.38 bits per heavy atom. The van der Waals surface area contributed by atoms with E-state index in [0.29, 0.717) is 14.6 Å². The highest BCUT2D eigenvalue weighted by molar-refractivity contribution is 9.11. The van der Waals surface area contributed by atoms with E-state index in [1.54, 1.807) is 18.2 Å². The molecule has 2 rings (SSSR count). The molecule has 1 amide bonds. The van der Waals surface area contributed by atoms with Crippen molar-refractivity contribution in [1.29, 1.82) is 0 Å². The second kappa shape index (κ2) is 6.23. The molecule has 2 aromatic carbocycles. The van der Waals surface area contributed by atoms with Crippen LogP contribution in [0, 0.1) is 10.1 Å². The molecule has 0 heterocycles. The monoisotopic (exact) mass is 413 g/mol. The minimum absolute atomic E-state index is 0.0948. The van der Waals surface area contributed by atoms with Gasteiger partial charge in [0.15, 0.2) is 0 Å². The number of nitrogens with zero attached hydrogens (tertiary/aromatic N) is 1. The number of benzene rings is 2. The number of anilines is 2. The van der Waals surface area contributed by atoms with Crippen LogP contribution < -0.4 is 11.1 Å². The summed E-state index contributed by atoms with van der Waals surface area (Å²) in [5.74, 6) is -0.610. The molecule has 108 valence electrons. The number of hydrogen-bond acceptors (Lipinski definition) is 4. The third kappa shape index (κ3) is 3.40. The molecular formula is C13H9Br2N3O3. The maximum Gasteiger partial charge on any atom is 0.282 e. The molecule has 0 aromatic heterocycles. The van der Waals surface area contributed by atoms with Crippen LogP contribution in [0.4, 0.5) is 17.1 Å². The number of carbonyl (C=O) groups excluding carboxylic acids is 1. The van der Waals surface area contributed by atoms with E-state index in [9.17, 15) is 14.9 Å². The highest BCUT2D eigenvalue weighted by atomic mass is 79.9. The molecule has 0 saturated carbocycles. The molecule has 2 aromatic rings. The van der Waals surface area contributed by atoms with Crippen LogP contribution in [0.1, 0.15) is 10.4 Å². The van der Waals surface area contributed by atoms with Crippen molar-refractivity contribution in [3.05, 3.63) is 61.0 Å². The Hall–Kier alpha value is -1.93. The molecule has 0 atom stereocenters. The number of nitro benzene ring substituents is 1. The largest absolute Gasteiger partial charge is 0.399 e. The van der Waals surface area contributed by atoms with E-state index < -0.39 is 10.8 Å². The number of nitrogens with two attached hydrogens (primary N) is 1. The Morgan fingerprint density at radius 2 is 1.81 bits per heavy atom. The summed E-state index contributed by atoms with van der Waals surface area (Å²) in [6.07, 6.45) is 0. The molecule has 0 bridgehead atoms. The normalized spacial score (nSPS) is 10.2. The molecule has 0 aliphatic heterocycles. The van der Waals surface area contributed by atoms with Crippen molar-refractivity contribution in [3.8, 4) is 0 Å². The Kier molecular flexibility index (Phi) is 4.59. The lowest BCUT2D eigenvalue weighted by molar-refractivity contribution is -0.385. The van der Waals surface area contributed by atoms with Crippen LogP contribution in [0.5, 0.6) is 0 Å². The number of nitro groups is 1. The van der Waals surface area contributed by atoms with Crippen LogP contribution in [0.2, 0.25) is 0 Å². The fourth-order valence-electron chi connectivity index (χ4n) is 1.69. The van der Waals surface area contributed by atoms with E-state index >= 15 is 0 Å². The van der Waals surface area contributed by atoms with Gasteiger partial charge in [-0.3, -0.25) is 14.9 Å². The van der Waals surface area contributed by atoms with Gasteiger partial charge in [0.2, 0.25) is 0 Å². The number of rotatable bonds is 3. The van der Waals surface area contributed by atoms with E-state index in [1.807, 2.05) is 0 Å². The summed E-state index contributed by atoms with van der Waals surface area (Å²) in [5.41, 5.74) is 5.96. The third-order valence-corrected chi connectivity index (χ3v) is 3.98. The first kappa shape index (κ1) is 15.5. The lowest BCUT2D eigenvalue weighted by Gasteiger charge is -2.10. The van der Waals surface area contributed by atoms with Gasteiger partial charge in [-0.25, -0.2) is 0 Å². The topological polar surface area (TPSA) is 98.3 Å². The van der Waals surface area contributed by atoms with Gasteiger partial charge in [-0.2, -0.15) is 0 Å². The molecule has 0 spiro atoms. The number of nitrogen functional groups attached to an aromatic ring is 1. The zero-order valence-electron chi connectivity index (χ0n) is 10.5. The Labute approximate surface area is 136 Å². The van der Waals surface area contributed by atoms with Crippen molar-refractivity contribution in [2.75, 3.05) is 11.1 Å². The fraction of sp³-hybridized carbons (Fsp3) is 0. The SMILES string of the molecule is Nc1ccc([N+](=O)[O-])c(C(=O)Nc2c(Br)cccc2Br)c1. The summed E-state index contributed by atoms with van der Waals surface area (Å²) in [6.45, 7) is 0. The standard InChI is InChI=1S/C13H9Br2N3O3/c14-9-2-1-3-10(15)12(9)17-13(19)8-6-7(16)4-5-11(8)18(20)21/h1-6H,16H2,(H,17,19). The number of nitrogens with one attached hydrogen (secondary N) is 1. The lowest BCUT2D eigenvalue weighted by Crippen LogP contribution is -2.15. The van der Waals surface area contributed by atoms with E-state index in [2.05, 4.69) is 37.2 Å². The first-order valence-corrected chi connectivity index (χ1v) is 7.28. The molecule has 0 radical (unpaired) electrons. The molecule has 8 heteroatoms. The van der Waals surface area contributed by atoms with E-state index in [1.165, 1.54) is 18.2 Å². The Bertz CT molecular complexity index is 714. The van der Waals surface area contributed by atoms with Gasteiger partial charge < -0.3 is 11.1 Å². The second-order valence-electron chi connectivity index (χ2n) is 4.08. The van der Waals surface area contributed by atoms with E-state index in [-0.39, 0.29) is 16.9 Å². The molecule has 0 unspecified atom stereocenters. The molecule has 3 N–H and O–H groups in total. The number of para-hydroxylation sites is 1. The van der Waals surface area contributed by atoms with Crippen LogP contribution >= 0.6 is 31.9 Å². The van der Waals surface area contributed by atoms with Gasteiger partial charge >= 0.3 is 0 Å². The first-order chi connectivity index (χ1) is 9.90. The first-order valence-electron chi connectivity index (χ1n) is 5.69. The molecule has 0 fully saturated rings. The summed E-state index contributed by atoms with van der Waals surface area (Å²) < 4.78 is 1.30. The van der Waals surface area contributed by atoms with Crippen molar-refractivity contribution in [2.24, 2.45) is 0 Å². The maximum atomic E-state index is 12.3. The second-order valence-corrected chi connectivity index (χ2v) is 5.79.